The average molecular weight is 641 g/mol. The van der Waals surface area contributed by atoms with E-state index in [1.165, 1.54) is 22.3 Å². The monoisotopic (exact) mass is 640 g/mol. The van der Waals surface area contributed by atoms with Crippen molar-refractivity contribution in [2.24, 2.45) is 0 Å². The van der Waals surface area contributed by atoms with Gasteiger partial charge in [-0.1, -0.05) is 164 Å². The van der Waals surface area contributed by atoms with E-state index >= 15 is 0 Å². The summed E-state index contributed by atoms with van der Waals surface area (Å²) < 4.78 is 0. The molecule has 0 saturated carbocycles. The summed E-state index contributed by atoms with van der Waals surface area (Å²) in [5, 5.41) is 0. The zero-order valence-corrected chi connectivity index (χ0v) is 27.6. The summed E-state index contributed by atoms with van der Waals surface area (Å²) in [6.45, 7) is 0. The lowest BCUT2D eigenvalue weighted by molar-refractivity contribution is 1.52. The van der Waals surface area contributed by atoms with Crippen molar-refractivity contribution < 1.29 is 0 Å². The minimum Gasteiger partial charge on any atom is -0.399 e. The lowest BCUT2D eigenvalue weighted by atomic mass is 9.78. The van der Waals surface area contributed by atoms with Crippen molar-refractivity contribution in [2.45, 2.75) is 0 Å². The standard InChI is InChI=1S/C48H36N2/c49-42-28-24-38(25-29-42)45-32-44(37-14-8-3-9-15-37)47(40-26-30-43(50)31-27-40)48(41-22-18-36(19-23-41)34-12-6-2-7-13-34)46(45)39-20-16-35(17-21-39)33-10-4-1-5-11-33/h1-32H,49-50H2. The van der Waals surface area contributed by atoms with Crippen LogP contribution in [0.3, 0.4) is 0 Å². The molecule has 4 N–H and O–H groups in total. The molecule has 8 aromatic rings. The maximum Gasteiger partial charge on any atom is 0.0314 e. The lowest BCUT2D eigenvalue weighted by Crippen LogP contribution is -1.98. The van der Waals surface area contributed by atoms with Gasteiger partial charge in [-0.05, 0) is 108 Å². The summed E-state index contributed by atoms with van der Waals surface area (Å²) in [6.07, 6.45) is 0. The molecular formula is C48H36N2. The number of anilines is 2. The summed E-state index contributed by atoms with van der Waals surface area (Å²) in [5.74, 6) is 0. The second-order valence-electron chi connectivity index (χ2n) is 12.6. The molecule has 8 aromatic carbocycles. The summed E-state index contributed by atoms with van der Waals surface area (Å²) in [7, 11) is 0. The second-order valence-corrected chi connectivity index (χ2v) is 12.6. The van der Waals surface area contributed by atoms with E-state index in [1.54, 1.807) is 0 Å². The smallest absolute Gasteiger partial charge is 0.0314 e. The maximum atomic E-state index is 6.26. The molecule has 0 spiro atoms. The Morgan fingerprint density at radius 2 is 0.480 bits per heavy atom. The third kappa shape index (κ3) is 6.07. The van der Waals surface area contributed by atoms with Gasteiger partial charge in [0.05, 0.1) is 0 Å². The number of nitrogen functional groups attached to an aromatic ring is 2. The van der Waals surface area contributed by atoms with Crippen LogP contribution in [0.25, 0.3) is 77.9 Å². The van der Waals surface area contributed by atoms with Gasteiger partial charge in [-0.2, -0.15) is 0 Å². The summed E-state index contributed by atoms with van der Waals surface area (Å²) >= 11 is 0. The molecule has 0 radical (unpaired) electrons. The van der Waals surface area contributed by atoms with Crippen LogP contribution in [0.1, 0.15) is 0 Å². The fraction of sp³-hybridized carbons (Fsp3) is 0. The van der Waals surface area contributed by atoms with E-state index in [1.807, 2.05) is 24.3 Å². The summed E-state index contributed by atoms with van der Waals surface area (Å²) in [4.78, 5) is 0. The zero-order valence-electron chi connectivity index (χ0n) is 27.6. The summed E-state index contributed by atoms with van der Waals surface area (Å²) in [5.41, 5.74) is 30.1. The van der Waals surface area contributed by atoms with Crippen molar-refractivity contribution in [3.63, 3.8) is 0 Å². The predicted molar refractivity (Wildman–Crippen MR) is 213 cm³/mol. The third-order valence-corrected chi connectivity index (χ3v) is 9.39. The quantitative estimate of drug-likeness (QED) is 0.170. The number of benzene rings is 8. The van der Waals surface area contributed by atoms with E-state index in [2.05, 4.69) is 170 Å². The van der Waals surface area contributed by atoms with Crippen molar-refractivity contribution in [3.8, 4) is 77.9 Å². The number of hydrogen-bond donors (Lipinski definition) is 2. The molecule has 0 amide bonds. The van der Waals surface area contributed by atoms with E-state index in [4.69, 9.17) is 11.5 Å². The van der Waals surface area contributed by atoms with E-state index in [0.29, 0.717) is 0 Å². The molecule has 2 heteroatoms. The number of rotatable bonds is 7. The number of nitrogens with two attached hydrogens (primary N) is 2. The highest BCUT2D eigenvalue weighted by atomic mass is 14.5. The summed E-state index contributed by atoms with van der Waals surface area (Å²) in [6, 6.07) is 68.6. The Morgan fingerprint density at radius 1 is 0.220 bits per heavy atom. The molecule has 0 saturated heterocycles. The largest absolute Gasteiger partial charge is 0.399 e. The Balaban J connectivity index is 1.48. The Labute approximate surface area is 294 Å². The first-order valence-corrected chi connectivity index (χ1v) is 16.9. The normalized spacial score (nSPS) is 11.0. The van der Waals surface area contributed by atoms with Crippen LogP contribution in [-0.4, -0.2) is 0 Å². The highest BCUT2D eigenvalue weighted by Gasteiger charge is 2.24. The fourth-order valence-corrected chi connectivity index (χ4v) is 6.88. The molecule has 8 rings (SSSR count). The van der Waals surface area contributed by atoms with E-state index in [-0.39, 0.29) is 0 Å². The minimum atomic E-state index is 0.735. The van der Waals surface area contributed by atoms with Crippen molar-refractivity contribution in [1.29, 1.82) is 0 Å². The molecule has 238 valence electrons. The highest BCUT2D eigenvalue weighted by molar-refractivity contribution is 6.07. The first-order chi connectivity index (χ1) is 24.6. The third-order valence-electron chi connectivity index (χ3n) is 9.39. The molecule has 0 aliphatic heterocycles. The van der Waals surface area contributed by atoms with Gasteiger partial charge in [0.15, 0.2) is 0 Å². The molecule has 0 aliphatic rings. The Kier molecular flexibility index (Phi) is 8.26. The molecule has 0 unspecified atom stereocenters. The molecule has 0 heterocycles. The first kappa shape index (κ1) is 30.7. The zero-order chi connectivity index (χ0) is 33.9. The van der Waals surface area contributed by atoms with Gasteiger partial charge in [-0.25, -0.2) is 0 Å². The van der Waals surface area contributed by atoms with Gasteiger partial charge in [-0.15, -0.1) is 0 Å². The number of hydrogen-bond acceptors (Lipinski definition) is 2. The molecule has 0 fully saturated rings. The van der Waals surface area contributed by atoms with Crippen LogP contribution in [0.15, 0.2) is 194 Å². The predicted octanol–water partition coefficient (Wildman–Crippen LogP) is 12.5. The second kappa shape index (κ2) is 13.5. The first-order valence-electron chi connectivity index (χ1n) is 16.9. The topological polar surface area (TPSA) is 52.0 Å². The lowest BCUT2D eigenvalue weighted by Gasteiger charge is -2.25. The van der Waals surface area contributed by atoms with E-state index in [9.17, 15) is 0 Å². The van der Waals surface area contributed by atoms with Crippen molar-refractivity contribution in [2.75, 3.05) is 11.5 Å². The Hall–Kier alpha value is -6.64. The van der Waals surface area contributed by atoms with Crippen LogP contribution in [0.4, 0.5) is 11.4 Å². The van der Waals surface area contributed by atoms with Gasteiger partial charge in [-0.3, -0.25) is 0 Å². The van der Waals surface area contributed by atoms with Gasteiger partial charge in [0.2, 0.25) is 0 Å². The molecule has 0 atom stereocenters. The van der Waals surface area contributed by atoms with Crippen molar-refractivity contribution in [3.05, 3.63) is 194 Å². The molecule has 50 heavy (non-hydrogen) atoms. The Bertz CT molecular complexity index is 2360. The van der Waals surface area contributed by atoms with Gasteiger partial charge in [0.25, 0.3) is 0 Å². The van der Waals surface area contributed by atoms with E-state index in [0.717, 1.165) is 67.0 Å². The maximum absolute atomic E-state index is 6.26. The van der Waals surface area contributed by atoms with Gasteiger partial charge < -0.3 is 11.5 Å². The SMILES string of the molecule is Nc1ccc(-c2cc(-c3ccccc3)c(-c3ccc(N)cc3)c(-c3ccc(-c4ccccc4)cc3)c2-c2ccc(-c3ccccc3)cc2)cc1. The van der Waals surface area contributed by atoms with Crippen LogP contribution >= 0.6 is 0 Å². The highest BCUT2D eigenvalue weighted by Crippen LogP contribution is 2.50. The molecular weight excluding hydrogens is 605 g/mol. The van der Waals surface area contributed by atoms with Gasteiger partial charge in [0.1, 0.15) is 0 Å². The van der Waals surface area contributed by atoms with Gasteiger partial charge >= 0.3 is 0 Å². The van der Waals surface area contributed by atoms with Crippen LogP contribution in [0.2, 0.25) is 0 Å². The van der Waals surface area contributed by atoms with Crippen molar-refractivity contribution in [1.82, 2.24) is 0 Å². The Morgan fingerprint density at radius 3 is 0.880 bits per heavy atom. The molecule has 0 aliphatic carbocycles. The molecule has 0 aromatic heterocycles. The molecule has 2 nitrogen and oxygen atoms in total. The fourth-order valence-electron chi connectivity index (χ4n) is 6.88. The van der Waals surface area contributed by atoms with Crippen molar-refractivity contribution >= 4 is 11.4 Å². The van der Waals surface area contributed by atoms with E-state index < -0.39 is 0 Å². The van der Waals surface area contributed by atoms with Crippen LogP contribution in [0.5, 0.6) is 0 Å². The van der Waals surface area contributed by atoms with Gasteiger partial charge in [0, 0.05) is 11.4 Å². The van der Waals surface area contributed by atoms with Crippen LogP contribution in [-0.2, 0) is 0 Å². The average Bonchev–Trinajstić information content (AvgIpc) is 3.19. The molecule has 0 bridgehead atoms. The van der Waals surface area contributed by atoms with Crippen LogP contribution < -0.4 is 11.5 Å². The minimum absolute atomic E-state index is 0.735. The van der Waals surface area contributed by atoms with Crippen LogP contribution in [0, 0.1) is 0 Å².